The Morgan fingerprint density at radius 1 is 1.25 bits per heavy atom. The maximum Gasteiger partial charge on any atom is 0.191 e. The first-order valence-corrected chi connectivity index (χ1v) is 6.81. The van der Waals surface area contributed by atoms with Crippen molar-refractivity contribution in [2.24, 2.45) is 4.99 Å². The number of hydrogen-bond acceptors (Lipinski definition) is 3. The van der Waals surface area contributed by atoms with Crippen LogP contribution in [0.1, 0.15) is 18.2 Å². The Bertz CT molecular complexity index is 537. The van der Waals surface area contributed by atoms with E-state index in [4.69, 9.17) is 16.1 Å². The van der Waals surface area contributed by atoms with E-state index >= 15 is 0 Å². The van der Waals surface area contributed by atoms with Crippen molar-refractivity contribution in [3.63, 3.8) is 0 Å². The fraction of sp³-hybridized carbons (Fsp3) is 0.286. The van der Waals surface area contributed by atoms with Crippen LogP contribution < -0.4 is 10.6 Å². The molecule has 106 valence electrons. The topological polar surface area (TPSA) is 62.5 Å². The molecule has 2 rings (SSSR count). The zero-order valence-electron chi connectivity index (χ0n) is 11.3. The number of halogens is 1. The lowest BCUT2D eigenvalue weighted by Crippen LogP contribution is -2.36. The minimum Gasteiger partial charge on any atom is -0.364 e. The summed E-state index contributed by atoms with van der Waals surface area (Å²) in [7, 11) is 0. The van der Waals surface area contributed by atoms with E-state index in [1.54, 1.807) is 6.26 Å². The molecule has 0 radical (unpaired) electrons. The van der Waals surface area contributed by atoms with Crippen molar-refractivity contribution in [2.75, 3.05) is 6.54 Å². The van der Waals surface area contributed by atoms with E-state index in [-0.39, 0.29) is 0 Å². The van der Waals surface area contributed by atoms with Crippen LogP contribution in [-0.2, 0) is 13.1 Å². The molecule has 1 aromatic carbocycles. The number of nitrogens with one attached hydrogen (secondary N) is 2. The van der Waals surface area contributed by atoms with Crippen LogP contribution in [0, 0.1) is 0 Å². The molecular formula is C14H17ClN4O. The molecule has 20 heavy (non-hydrogen) atoms. The molecule has 5 nitrogen and oxygen atoms in total. The summed E-state index contributed by atoms with van der Waals surface area (Å²) >= 11 is 5.85. The van der Waals surface area contributed by atoms with E-state index in [1.807, 2.05) is 37.3 Å². The zero-order chi connectivity index (χ0) is 14.2. The summed E-state index contributed by atoms with van der Waals surface area (Å²) in [5.74, 6) is 0.741. The molecule has 6 heteroatoms. The molecular weight excluding hydrogens is 276 g/mol. The van der Waals surface area contributed by atoms with Crippen LogP contribution in [0.15, 0.2) is 46.1 Å². The SMILES string of the molecule is CCNC(=NCc1ccc(Cl)cc1)NCc1ccon1. The largest absolute Gasteiger partial charge is 0.364 e. The molecule has 0 fully saturated rings. The molecule has 0 aliphatic heterocycles. The summed E-state index contributed by atoms with van der Waals surface area (Å²) in [4.78, 5) is 4.51. The number of hydrogen-bond donors (Lipinski definition) is 2. The monoisotopic (exact) mass is 292 g/mol. The number of benzene rings is 1. The van der Waals surface area contributed by atoms with Crippen LogP contribution in [0.5, 0.6) is 0 Å². The smallest absolute Gasteiger partial charge is 0.191 e. The highest BCUT2D eigenvalue weighted by atomic mass is 35.5. The van der Waals surface area contributed by atoms with Gasteiger partial charge in [-0.1, -0.05) is 28.9 Å². The number of aromatic nitrogens is 1. The number of guanidine groups is 1. The van der Waals surface area contributed by atoms with Gasteiger partial charge in [-0.15, -0.1) is 0 Å². The minimum atomic E-state index is 0.572. The summed E-state index contributed by atoms with van der Waals surface area (Å²) in [6.07, 6.45) is 1.55. The second-order valence-electron chi connectivity index (χ2n) is 4.17. The Balaban J connectivity index is 1.92. The maximum atomic E-state index is 5.85. The molecule has 2 aromatic rings. The maximum absolute atomic E-state index is 5.85. The van der Waals surface area contributed by atoms with Gasteiger partial charge < -0.3 is 15.2 Å². The Morgan fingerprint density at radius 3 is 2.70 bits per heavy atom. The van der Waals surface area contributed by atoms with E-state index in [2.05, 4.69) is 20.8 Å². The van der Waals surface area contributed by atoms with Gasteiger partial charge >= 0.3 is 0 Å². The van der Waals surface area contributed by atoms with Crippen LogP contribution in [0.3, 0.4) is 0 Å². The average molecular weight is 293 g/mol. The Morgan fingerprint density at radius 2 is 2.05 bits per heavy atom. The molecule has 1 aromatic heterocycles. The van der Waals surface area contributed by atoms with Gasteiger partial charge in [0.25, 0.3) is 0 Å². The summed E-state index contributed by atoms with van der Waals surface area (Å²) in [5.41, 5.74) is 1.94. The van der Waals surface area contributed by atoms with Gasteiger partial charge in [0.2, 0.25) is 0 Å². The van der Waals surface area contributed by atoms with E-state index in [0.29, 0.717) is 13.1 Å². The fourth-order valence-corrected chi connectivity index (χ4v) is 1.73. The lowest BCUT2D eigenvalue weighted by Gasteiger charge is -2.09. The molecule has 0 bridgehead atoms. The lowest BCUT2D eigenvalue weighted by molar-refractivity contribution is 0.410. The van der Waals surface area contributed by atoms with Crippen molar-refractivity contribution < 1.29 is 4.52 Å². The molecule has 1 heterocycles. The highest BCUT2D eigenvalue weighted by Gasteiger charge is 2.00. The van der Waals surface area contributed by atoms with Gasteiger partial charge in [-0.05, 0) is 24.6 Å². The molecule has 0 atom stereocenters. The van der Waals surface area contributed by atoms with Gasteiger partial charge in [-0.2, -0.15) is 0 Å². The Kier molecular flexibility index (Phi) is 5.43. The predicted molar refractivity (Wildman–Crippen MR) is 79.6 cm³/mol. The van der Waals surface area contributed by atoms with Crippen molar-refractivity contribution >= 4 is 17.6 Å². The van der Waals surface area contributed by atoms with Crippen molar-refractivity contribution in [2.45, 2.75) is 20.0 Å². The highest BCUT2D eigenvalue weighted by Crippen LogP contribution is 2.10. The van der Waals surface area contributed by atoms with E-state index in [9.17, 15) is 0 Å². The van der Waals surface area contributed by atoms with Gasteiger partial charge in [0.15, 0.2) is 5.96 Å². The summed E-state index contributed by atoms with van der Waals surface area (Å²) in [5, 5.41) is 10.9. The molecule has 0 amide bonds. The molecule has 2 N–H and O–H groups in total. The van der Waals surface area contributed by atoms with Gasteiger partial charge in [-0.3, -0.25) is 0 Å². The molecule has 0 saturated carbocycles. The van der Waals surface area contributed by atoms with Crippen molar-refractivity contribution in [3.8, 4) is 0 Å². The molecule has 0 spiro atoms. The second-order valence-corrected chi connectivity index (χ2v) is 4.60. The Labute approximate surface area is 123 Å². The summed E-state index contributed by atoms with van der Waals surface area (Å²) in [6.45, 7) is 3.98. The first kappa shape index (κ1) is 14.4. The van der Waals surface area contributed by atoms with Crippen LogP contribution in [-0.4, -0.2) is 17.7 Å². The van der Waals surface area contributed by atoms with Crippen molar-refractivity contribution in [1.29, 1.82) is 0 Å². The molecule has 0 saturated heterocycles. The third-order valence-corrected chi connectivity index (χ3v) is 2.86. The first-order chi connectivity index (χ1) is 9.78. The third-order valence-electron chi connectivity index (χ3n) is 2.61. The lowest BCUT2D eigenvalue weighted by atomic mass is 10.2. The number of rotatable bonds is 5. The average Bonchev–Trinajstić information content (AvgIpc) is 2.97. The summed E-state index contributed by atoms with van der Waals surface area (Å²) < 4.78 is 4.78. The zero-order valence-corrected chi connectivity index (χ0v) is 12.0. The Hall–Kier alpha value is -2.01. The third kappa shape index (κ3) is 4.59. The fourth-order valence-electron chi connectivity index (χ4n) is 1.60. The molecule has 0 aliphatic rings. The normalized spacial score (nSPS) is 11.4. The van der Waals surface area contributed by atoms with Crippen LogP contribution in [0.2, 0.25) is 5.02 Å². The minimum absolute atomic E-state index is 0.572. The quantitative estimate of drug-likeness (QED) is 0.657. The standard InChI is InChI=1S/C14H17ClN4O/c1-2-16-14(18-10-13-7-8-20-19-13)17-9-11-3-5-12(15)6-4-11/h3-8H,2,9-10H2,1H3,(H2,16,17,18). The number of nitrogens with zero attached hydrogens (tertiary/aromatic N) is 2. The van der Waals surface area contributed by atoms with Crippen LogP contribution in [0.25, 0.3) is 0 Å². The van der Waals surface area contributed by atoms with Gasteiger partial charge in [-0.25, -0.2) is 4.99 Å². The van der Waals surface area contributed by atoms with E-state index in [1.165, 1.54) is 0 Å². The van der Waals surface area contributed by atoms with E-state index in [0.717, 1.165) is 28.8 Å². The van der Waals surface area contributed by atoms with Crippen molar-refractivity contribution in [3.05, 3.63) is 52.9 Å². The summed E-state index contributed by atoms with van der Waals surface area (Å²) in [6, 6.07) is 9.47. The molecule has 0 aliphatic carbocycles. The predicted octanol–water partition coefficient (Wildman–Crippen LogP) is 2.58. The van der Waals surface area contributed by atoms with Crippen LogP contribution >= 0.6 is 11.6 Å². The van der Waals surface area contributed by atoms with Gasteiger partial charge in [0, 0.05) is 17.6 Å². The van der Waals surface area contributed by atoms with E-state index < -0.39 is 0 Å². The number of aliphatic imine (C=N–C) groups is 1. The van der Waals surface area contributed by atoms with Crippen LogP contribution in [0.4, 0.5) is 0 Å². The van der Waals surface area contributed by atoms with Crippen molar-refractivity contribution in [1.82, 2.24) is 15.8 Å². The van der Waals surface area contributed by atoms with Gasteiger partial charge in [0.05, 0.1) is 13.1 Å². The second kappa shape index (κ2) is 7.55. The first-order valence-electron chi connectivity index (χ1n) is 6.44. The molecule has 0 unspecified atom stereocenters. The van der Waals surface area contributed by atoms with Gasteiger partial charge in [0.1, 0.15) is 12.0 Å². The highest BCUT2D eigenvalue weighted by molar-refractivity contribution is 6.30.